The molecule has 0 bridgehead atoms. The van der Waals surface area contributed by atoms with Gasteiger partial charge in [0.15, 0.2) is 0 Å². The van der Waals surface area contributed by atoms with Crippen LogP contribution in [0.1, 0.15) is 28.4 Å². The summed E-state index contributed by atoms with van der Waals surface area (Å²) in [5.41, 5.74) is 2.62. The van der Waals surface area contributed by atoms with Crippen LogP contribution in [-0.4, -0.2) is 25.5 Å². The number of hydrogen-bond donors (Lipinski definition) is 1. The van der Waals surface area contributed by atoms with Crippen molar-refractivity contribution < 1.29 is 9.18 Å². The van der Waals surface area contributed by atoms with E-state index in [2.05, 4.69) is 22.1 Å². The van der Waals surface area contributed by atoms with E-state index in [0.717, 1.165) is 22.7 Å². The Hall–Kier alpha value is -4.25. The molecule has 0 spiro atoms. The van der Waals surface area contributed by atoms with Gasteiger partial charge in [0.1, 0.15) is 11.5 Å². The molecule has 4 rings (SSSR count). The largest absolute Gasteiger partial charge is 0.322 e. The van der Waals surface area contributed by atoms with Crippen LogP contribution in [0.4, 0.5) is 10.1 Å². The summed E-state index contributed by atoms with van der Waals surface area (Å²) in [4.78, 5) is 12.9. The highest BCUT2D eigenvalue weighted by atomic mass is 19.1. The monoisotopic (exact) mass is 400 g/mol. The number of allylic oxidation sites excluding steroid dienone is 1. The van der Waals surface area contributed by atoms with Gasteiger partial charge in [0, 0.05) is 23.7 Å². The molecule has 2 heterocycles. The summed E-state index contributed by atoms with van der Waals surface area (Å²) in [7, 11) is 1.81. The van der Waals surface area contributed by atoms with E-state index in [9.17, 15) is 14.4 Å². The standard InChI is InChI=1S/C22H17FN6O/c1-13(2)20-14(9-24)5-7-18(23)21(20)22(30)27-16-6-4-15-10-26-29(19(15)8-16)17-11-25-28(3)12-17/h4-8,10-12H,1H2,2-3H3,(H,27,30). The van der Waals surface area contributed by atoms with Crippen LogP contribution < -0.4 is 5.32 Å². The first-order valence-corrected chi connectivity index (χ1v) is 9.05. The lowest BCUT2D eigenvalue weighted by Gasteiger charge is -2.13. The summed E-state index contributed by atoms with van der Waals surface area (Å²) in [6, 6.07) is 9.71. The summed E-state index contributed by atoms with van der Waals surface area (Å²) in [6.45, 7) is 5.42. The van der Waals surface area contributed by atoms with Crippen LogP contribution in [0, 0.1) is 17.1 Å². The van der Waals surface area contributed by atoms with Gasteiger partial charge in [0.05, 0.1) is 41.3 Å². The van der Waals surface area contributed by atoms with Gasteiger partial charge in [-0.25, -0.2) is 9.07 Å². The normalized spacial score (nSPS) is 10.7. The molecule has 0 atom stereocenters. The molecule has 148 valence electrons. The van der Waals surface area contributed by atoms with E-state index >= 15 is 0 Å². The molecule has 7 nitrogen and oxygen atoms in total. The number of rotatable bonds is 4. The zero-order valence-electron chi connectivity index (χ0n) is 16.3. The number of nitrogens with zero attached hydrogens (tertiary/aromatic N) is 5. The van der Waals surface area contributed by atoms with Gasteiger partial charge in [-0.2, -0.15) is 15.5 Å². The molecule has 0 radical (unpaired) electrons. The van der Waals surface area contributed by atoms with E-state index in [1.807, 2.05) is 25.4 Å². The second-order valence-electron chi connectivity index (χ2n) is 6.89. The molecule has 1 N–H and O–H groups in total. The Morgan fingerprint density at radius 2 is 2.00 bits per heavy atom. The number of carbonyl (C=O) groups is 1. The predicted molar refractivity (Wildman–Crippen MR) is 112 cm³/mol. The molecule has 0 aliphatic heterocycles. The maximum atomic E-state index is 14.5. The fourth-order valence-electron chi connectivity index (χ4n) is 3.35. The summed E-state index contributed by atoms with van der Waals surface area (Å²) < 4.78 is 17.9. The fraction of sp³-hybridized carbons (Fsp3) is 0.0909. The summed E-state index contributed by atoms with van der Waals surface area (Å²) in [5, 5.41) is 21.4. The van der Waals surface area contributed by atoms with Crippen molar-refractivity contribution in [1.29, 1.82) is 5.26 Å². The Labute approximate surface area is 171 Å². The van der Waals surface area contributed by atoms with Crippen LogP contribution in [-0.2, 0) is 7.05 Å². The Bertz CT molecular complexity index is 1360. The van der Waals surface area contributed by atoms with Crippen LogP contribution in [0.25, 0.3) is 22.2 Å². The number of halogens is 1. The third kappa shape index (κ3) is 3.22. The molecule has 1 amide bonds. The third-order valence-corrected chi connectivity index (χ3v) is 4.69. The van der Waals surface area contributed by atoms with Crippen molar-refractivity contribution in [3.05, 3.63) is 78.0 Å². The number of anilines is 1. The Morgan fingerprint density at radius 3 is 2.67 bits per heavy atom. The maximum absolute atomic E-state index is 14.5. The minimum absolute atomic E-state index is 0.194. The lowest BCUT2D eigenvalue weighted by Crippen LogP contribution is -2.17. The molecule has 2 aromatic heterocycles. The Balaban J connectivity index is 1.74. The molecule has 0 unspecified atom stereocenters. The van der Waals surface area contributed by atoms with E-state index in [1.165, 1.54) is 6.07 Å². The summed E-state index contributed by atoms with van der Waals surface area (Å²) in [6.07, 6.45) is 5.21. The SMILES string of the molecule is C=C(C)c1c(C#N)ccc(F)c1C(=O)Nc1ccc2cnn(-c3cnn(C)c3)c2c1. The summed E-state index contributed by atoms with van der Waals surface area (Å²) >= 11 is 0. The lowest BCUT2D eigenvalue weighted by atomic mass is 9.95. The van der Waals surface area contributed by atoms with Gasteiger partial charge in [-0.15, -0.1) is 0 Å². The average molecular weight is 400 g/mol. The van der Waals surface area contributed by atoms with Crippen LogP contribution in [0.2, 0.25) is 0 Å². The highest BCUT2D eigenvalue weighted by Crippen LogP contribution is 2.27. The first-order chi connectivity index (χ1) is 14.4. The number of carbonyl (C=O) groups excluding carboxylic acids is 1. The van der Waals surface area contributed by atoms with Crippen molar-refractivity contribution in [3.63, 3.8) is 0 Å². The van der Waals surface area contributed by atoms with Crippen LogP contribution in [0.3, 0.4) is 0 Å². The van der Waals surface area contributed by atoms with Crippen molar-refractivity contribution in [1.82, 2.24) is 19.6 Å². The molecular weight excluding hydrogens is 383 g/mol. The molecule has 8 heteroatoms. The van der Waals surface area contributed by atoms with E-state index < -0.39 is 11.7 Å². The third-order valence-electron chi connectivity index (χ3n) is 4.69. The molecule has 0 saturated carbocycles. The van der Waals surface area contributed by atoms with Crippen LogP contribution in [0.5, 0.6) is 0 Å². The van der Waals surface area contributed by atoms with Gasteiger partial charge in [0.2, 0.25) is 0 Å². The zero-order valence-corrected chi connectivity index (χ0v) is 16.3. The number of nitriles is 1. The number of amides is 1. The van der Waals surface area contributed by atoms with Crippen molar-refractivity contribution >= 4 is 28.1 Å². The number of nitrogens with one attached hydrogen (secondary N) is 1. The number of benzene rings is 2. The van der Waals surface area contributed by atoms with Gasteiger partial charge in [-0.3, -0.25) is 9.48 Å². The maximum Gasteiger partial charge on any atom is 0.259 e. The van der Waals surface area contributed by atoms with E-state index in [0.29, 0.717) is 11.3 Å². The molecule has 0 aliphatic carbocycles. The minimum Gasteiger partial charge on any atom is -0.322 e. The highest BCUT2D eigenvalue weighted by Gasteiger charge is 2.21. The summed E-state index contributed by atoms with van der Waals surface area (Å²) in [5.74, 6) is -1.37. The molecule has 0 aliphatic rings. The minimum atomic E-state index is -0.717. The van der Waals surface area contributed by atoms with Crippen molar-refractivity contribution in [3.8, 4) is 11.8 Å². The van der Waals surface area contributed by atoms with Gasteiger partial charge in [-0.05, 0) is 42.8 Å². The number of fused-ring (bicyclic) bond motifs is 1. The molecule has 0 saturated heterocycles. The number of aryl methyl sites for hydroxylation is 1. The second-order valence-corrected chi connectivity index (χ2v) is 6.89. The van der Waals surface area contributed by atoms with Crippen LogP contribution in [0.15, 0.2) is 55.5 Å². The van der Waals surface area contributed by atoms with E-state index in [4.69, 9.17) is 0 Å². The first kappa shape index (κ1) is 19.1. The van der Waals surface area contributed by atoms with Crippen LogP contribution >= 0.6 is 0 Å². The Kier molecular flexibility index (Phi) is 4.64. The lowest BCUT2D eigenvalue weighted by molar-refractivity contribution is 0.102. The molecule has 30 heavy (non-hydrogen) atoms. The van der Waals surface area contributed by atoms with Crippen molar-refractivity contribution in [2.75, 3.05) is 5.32 Å². The van der Waals surface area contributed by atoms with E-state index in [1.54, 1.807) is 40.8 Å². The van der Waals surface area contributed by atoms with Gasteiger partial charge in [0.25, 0.3) is 5.91 Å². The number of hydrogen-bond acceptors (Lipinski definition) is 4. The first-order valence-electron chi connectivity index (χ1n) is 9.05. The molecule has 4 aromatic rings. The molecule has 0 fully saturated rings. The predicted octanol–water partition coefficient (Wildman–Crippen LogP) is 4.06. The van der Waals surface area contributed by atoms with Gasteiger partial charge < -0.3 is 5.32 Å². The van der Waals surface area contributed by atoms with Gasteiger partial charge >= 0.3 is 0 Å². The topological polar surface area (TPSA) is 88.5 Å². The van der Waals surface area contributed by atoms with Gasteiger partial charge in [-0.1, -0.05) is 6.58 Å². The fourth-order valence-corrected chi connectivity index (χ4v) is 3.35. The Morgan fingerprint density at radius 1 is 1.20 bits per heavy atom. The van der Waals surface area contributed by atoms with E-state index in [-0.39, 0.29) is 16.7 Å². The molecule has 2 aromatic carbocycles. The number of aromatic nitrogens is 4. The van der Waals surface area contributed by atoms with Crippen molar-refractivity contribution in [2.24, 2.45) is 7.05 Å². The molecular formula is C22H17FN6O. The smallest absolute Gasteiger partial charge is 0.259 e. The second kappa shape index (κ2) is 7.29. The quantitative estimate of drug-likeness (QED) is 0.560. The average Bonchev–Trinajstić information content (AvgIpc) is 3.33. The van der Waals surface area contributed by atoms with Crippen molar-refractivity contribution in [2.45, 2.75) is 6.92 Å². The zero-order chi connectivity index (χ0) is 21.4. The highest BCUT2D eigenvalue weighted by molar-refractivity contribution is 6.08.